The van der Waals surface area contributed by atoms with Gasteiger partial charge in [-0.25, -0.2) is 8.42 Å². The van der Waals surface area contributed by atoms with E-state index in [1.165, 1.54) is 12.1 Å². The number of rotatable bonds is 5. The number of alkyl halides is 3. The topological polar surface area (TPSA) is 95.5 Å². The molecule has 1 atom stereocenters. The lowest BCUT2D eigenvalue weighted by Crippen LogP contribution is -2.52. The standard InChI is InChI=1S/C17H16ClF3N2O4S/c1-10-5-3-4-6-14(10)28(26,27)23-11-7-8-13(12(18)9-11)22-15(24)16(2,25)17(19,20)21/h3-9,23,25H,1-2H3,(H,22,24)/t16-/m1/s1. The summed E-state index contributed by atoms with van der Waals surface area (Å²) in [4.78, 5) is 11.8. The number of hydrogen-bond donors (Lipinski definition) is 3. The van der Waals surface area contributed by atoms with Gasteiger partial charge in [0.25, 0.3) is 15.9 Å². The molecule has 0 aliphatic heterocycles. The average Bonchev–Trinajstić information content (AvgIpc) is 2.56. The molecular weight excluding hydrogens is 421 g/mol. The van der Waals surface area contributed by atoms with E-state index in [9.17, 15) is 31.5 Å². The highest BCUT2D eigenvalue weighted by Gasteiger charge is 2.55. The summed E-state index contributed by atoms with van der Waals surface area (Å²) in [6, 6.07) is 9.70. The fourth-order valence-electron chi connectivity index (χ4n) is 2.12. The Morgan fingerprint density at radius 2 is 1.75 bits per heavy atom. The molecule has 1 amide bonds. The summed E-state index contributed by atoms with van der Waals surface area (Å²) < 4.78 is 65.3. The molecule has 0 aromatic heterocycles. The zero-order valence-electron chi connectivity index (χ0n) is 14.6. The summed E-state index contributed by atoms with van der Waals surface area (Å²) >= 11 is 5.93. The number of benzene rings is 2. The normalized spacial score (nSPS) is 14.2. The van der Waals surface area contributed by atoms with Crippen LogP contribution < -0.4 is 10.0 Å². The van der Waals surface area contributed by atoms with E-state index in [2.05, 4.69) is 4.72 Å². The molecule has 0 bridgehead atoms. The van der Waals surface area contributed by atoms with E-state index in [1.54, 1.807) is 25.1 Å². The Hall–Kier alpha value is -2.30. The van der Waals surface area contributed by atoms with Gasteiger partial charge in [-0.3, -0.25) is 9.52 Å². The molecule has 152 valence electrons. The van der Waals surface area contributed by atoms with Gasteiger partial charge in [0.15, 0.2) is 0 Å². The van der Waals surface area contributed by atoms with Gasteiger partial charge < -0.3 is 10.4 Å². The molecule has 0 spiro atoms. The Morgan fingerprint density at radius 3 is 2.29 bits per heavy atom. The van der Waals surface area contributed by atoms with Crippen LogP contribution in [0.15, 0.2) is 47.4 Å². The van der Waals surface area contributed by atoms with Crippen LogP contribution >= 0.6 is 11.6 Å². The number of halogens is 4. The smallest absolute Gasteiger partial charge is 0.373 e. The number of sulfonamides is 1. The lowest BCUT2D eigenvalue weighted by atomic mass is 10.1. The molecule has 3 N–H and O–H groups in total. The lowest BCUT2D eigenvalue weighted by molar-refractivity contribution is -0.242. The van der Waals surface area contributed by atoms with Crippen LogP contribution in [0.4, 0.5) is 24.5 Å². The van der Waals surface area contributed by atoms with Crippen LogP contribution in [-0.2, 0) is 14.8 Å². The summed E-state index contributed by atoms with van der Waals surface area (Å²) in [5.41, 5.74) is -3.30. The van der Waals surface area contributed by atoms with Gasteiger partial charge in [0.2, 0.25) is 5.60 Å². The number of anilines is 2. The largest absolute Gasteiger partial charge is 0.426 e. The molecule has 0 heterocycles. The number of aliphatic hydroxyl groups is 1. The Morgan fingerprint density at radius 1 is 1.14 bits per heavy atom. The van der Waals surface area contributed by atoms with Crippen LogP contribution in [0.1, 0.15) is 12.5 Å². The maximum atomic E-state index is 12.7. The molecule has 2 aromatic carbocycles. The lowest BCUT2D eigenvalue weighted by Gasteiger charge is -2.25. The number of carbonyl (C=O) groups is 1. The van der Waals surface area contributed by atoms with Crippen LogP contribution in [0.5, 0.6) is 0 Å². The number of aryl methyl sites for hydroxylation is 1. The van der Waals surface area contributed by atoms with E-state index in [0.717, 1.165) is 12.1 Å². The van der Waals surface area contributed by atoms with E-state index < -0.39 is 27.7 Å². The van der Waals surface area contributed by atoms with Crippen molar-refractivity contribution in [1.82, 2.24) is 0 Å². The highest BCUT2D eigenvalue weighted by atomic mass is 35.5. The van der Waals surface area contributed by atoms with E-state index in [0.29, 0.717) is 12.5 Å². The number of carbonyl (C=O) groups excluding carboxylic acids is 1. The first-order chi connectivity index (χ1) is 12.8. The van der Waals surface area contributed by atoms with E-state index in [1.807, 2.05) is 5.32 Å². The molecular formula is C17H16ClF3N2O4S. The maximum Gasteiger partial charge on any atom is 0.426 e. The highest BCUT2D eigenvalue weighted by molar-refractivity contribution is 7.92. The third-order valence-electron chi connectivity index (χ3n) is 3.85. The maximum absolute atomic E-state index is 12.7. The molecule has 0 aliphatic rings. The molecule has 2 aromatic rings. The Kier molecular flexibility index (Phi) is 5.98. The van der Waals surface area contributed by atoms with Gasteiger partial charge in [-0.15, -0.1) is 0 Å². The summed E-state index contributed by atoms with van der Waals surface area (Å²) in [6.07, 6.45) is -5.19. The van der Waals surface area contributed by atoms with Gasteiger partial charge in [-0.2, -0.15) is 13.2 Å². The fraction of sp³-hybridized carbons (Fsp3) is 0.235. The first kappa shape index (κ1) is 22.0. The van der Waals surface area contributed by atoms with Gasteiger partial charge >= 0.3 is 6.18 Å². The molecule has 0 saturated heterocycles. The second-order valence-electron chi connectivity index (χ2n) is 6.09. The first-order valence-corrected chi connectivity index (χ1v) is 9.60. The summed E-state index contributed by atoms with van der Waals surface area (Å²) in [7, 11) is -3.92. The van der Waals surface area contributed by atoms with E-state index >= 15 is 0 Å². The van der Waals surface area contributed by atoms with Crippen molar-refractivity contribution < 1.29 is 31.5 Å². The van der Waals surface area contributed by atoms with Crippen molar-refractivity contribution in [3.8, 4) is 0 Å². The van der Waals surface area contributed by atoms with Gasteiger partial charge in [0.05, 0.1) is 21.3 Å². The molecule has 0 fully saturated rings. The average molecular weight is 437 g/mol. The zero-order chi connectivity index (χ0) is 21.3. The second-order valence-corrected chi connectivity index (χ2v) is 8.15. The first-order valence-electron chi connectivity index (χ1n) is 7.74. The number of nitrogens with one attached hydrogen (secondary N) is 2. The minimum Gasteiger partial charge on any atom is -0.373 e. The third kappa shape index (κ3) is 4.57. The van der Waals surface area contributed by atoms with Crippen LogP contribution in [0.25, 0.3) is 0 Å². The highest BCUT2D eigenvalue weighted by Crippen LogP contribution is 2.33. The van der Waals surface area contributed by atoms with Crippen LogP contribution in [-0.4, -0.2) is 31.2 Å². The molecule has 0 aliphatic carbocycles. The van der Waals surface area contributed by atoms with Crippen molar-refractivity contribution in [3.63, 3.8) is 0 Å². The van der Waals surface area contributed by atoms with Gasteiger partial charge in [-0.1, -0.05) is 29.8 Å². The van der Waals surface area contributed by atoms with Crippen molar-refractivity contribution in [1.29, 1.82) is 0 Å². The van der Waals surface area contributed by atoms with Crippen molar-refractivity contribution in [3.05, 3.63) is 53.1 Å². The monoisotopic (exact) mass is 436 g/mol. The second kappa shape index (κ2) is 7.61. The Labute approximate surface area is 164 Å². The van der Waals surface area contributed by atoms with Gasteiger partial charge in [-0.05, 0) is 43.7 Å². The van der Waals surface area contributed by atoms with Crippen molar-refractivity contribution >= 4 is 38.9 Å². The molecule has 0 saturated carbocycles. The minimum absolute atomic E-state index is 0.0360. The SMILES string of the molecule is Cc1ccccc1S(=O)(=O)Nc1ccc(NC(=O)[C@@](C)(O)C(F)(F)F)c(Cl)c1. The van der Waals surface area contributed by atoms with Gasteiger partial charge in [0.1, 0.15) is 0 Å². The van der Waals surface area contributed by atoms with E-state index in [4.69, 9.17) is 11.6 Å². The third-order valence-corrected chi connectivity index (χ3v) is 5.70. The van der Waals surface area contributed by atoms with Crippen molar-refractivity contribution in [2.45, 2.75) is 30.5 Å². The van der Waals surface area contributed by atoms with Crippen LogP contribution in [0.2, 0.25) is 5.02 Å². The van der Waals surface area contributed by atoms with Crippen LogP contribution in [0.3, 0.4) is 0 Å². The Bertz CT molecular complexity index is 1010. The molecule has 6 nitrogen and oxygen atoms in total. The molecule has 11 heteroatoms. The van der Waals surface area contributed by atoms with E-state index in [-0.39, 0.29) is 21.3 Å². The van der Waals surface area contributed by atoms with Crippen molar-refractivity contribution in [2.24, 2.45) is 0 Å². The predicted molar refractivity (Wildman–Crippen MR) is 98.7 cm³/mol. The minimum atomic E-state index is -5.19. The summed E-state index contributed by atoms with van der Waals surface area (Å²) in [5.74, 6) is -1.73. The predicted octanol–water partition coefficient (Wildman–Crippen LogP) is 3.70. The number of hydrogen-bond acceptors (Lipinski definition) is 4. The Balaban J connectivity index is 2.23. The molecule has 28 heavy (non-hydrogen) atoms. The summed E-state index contributed by atoms with van der Waals surface area (Å²) in [5, 5.41) is 11.0. The zero-order valence-corrected chi connectivity index (χ0v) is 16.2. The molecule has 2 rings (SSSR count). The fourth-order valence-corrected chi connectivity index (χ4v) is 3.65. The number of amides is 1. The molecule has 0 radical (unpaired) electrons. The summed E-state index contributed by atoms with van der Waals surface area (Å²) in [6.45, 7) is 1.92. The van der Waals surface area contributed by atoms with Crippen molar-refractivity contribution in [2.75, 3.05) is 10.0 Å². The molecule has 0 unspecified atom stereocenters. The van der Waals surface area contributed by atoms with Crippen LogP contribution in [0, 0.1) is 6.92 Å². The van der Waals surface area contributed by atoms with Gasteiger partial charge in [0, 0.05) is 0 Å². The quantitative estimate of drug-likeness (QED) is 0.666.